The Morgan fingerprint density at radius 2 is 1.56 bits per heavy atom. The molecule has 1 aliphatic heterocycles. The minimum Gasteiger partial charge on any atom is -0.343 e. The Hall–Kier alpha value is -1.06. The number of nitrogens with zero attached hydrogens (tertiary/aromatic N) is 2. The second-order valence-corrected chi connectivity index (χ2v) is 5.38. The molecule has 2 amide bonds. The Morgan fingerprint density at radius 3 is 2.00 bits per heavy atom. The number of rotatable bonds is 4. The molecule has 4 heteroatoms. The van der Waals surface area contributed by atoms with Gasteiger partial charge in [0.25, 0.3) is 0 Å². The third-order valence-electron chi connectivity index (χ3n) is 4.16. The Labute approximate surface area is 109 Å². The zero-order valence-corrected chi connectivity index (χ0v) is 11.5. The number of piperidine rings is 1. The maximum atomic E-state index is 12.2. The van der Waals surface area contributed by atoms with Gasteiger partial charge in [0.2, 0.25) is 11.8 Å². The zero-order chi connectivity index (χ0) is 13.1. The second kappa shape index (κ2) is 5.72. The van der Waals surface area contributed by atoms with Gasteiger partial charge in [-0.3, -0.25) is 9.59 Å². The van der Waals surface area contributed by atoms with Gasteiger partial charge in [-0.2, -0.15) is 0 Å². The van der Waals surface area contributed by atoms with E-state index in [0.29, 0.717) is 11.8 Å². The first-order valence-electron chi connectivity index (χ1n) is 7.24. The monoisotopic (exact) mass is 252 g/mol. The fourth-order valence-electron chi connectivity index (χ4n) is 2.73. The molecule has 2 rings (SSSR count). The molecule has 1 heterocycles. The van der Waals surface area contributed by atoms with Crippen molar-refractivity contribution in [1.82, 2.24) is 9.80 Å². The molecule has 1 saturated heterocycles. The summed E-state index contributed by atoms with van der Waals surface area (Å²) in [5, 5.41) is 0. The summed E-state index contributed by atoms with van der Waals surface area (Å²) in [5.41, 5.74) is 0. The predicted molar refractivity (Wildman–Crippen MR) is 70.0 cm³/mol. The average molecular weight is 252 g/mol. The van der Waals surface area contributed by atoms with E-state index in [1.165, 1.54) is 0 Å². The van der Waals surface area contributed by atoms with E-state index in [2.05, 4.69) is 0 Å². The number of hydrogen-bond donors (Lipinski definition) is 0. The molecular weight excluding hydrogens is 228 g/mol. The van der Waals surface area contributed by atoms with Crippen molar-refractivity contribution in [3.63, 3.8) is 0 Å². The quantitative estimate of drug-likeness (QED) is 0.761. The van der Waals surface area contributed by atoms with Crippen LogP contribution in [0.2, 0.25) is 0 Å². The van der Waals surface area contributed by atoms with E-state index in [1.807, 2.05) is 23.6 Å². The third kappa shape index (κ3) is 2.85. The van der Waals surface area contributed by atoms with E-state index in [1.54, 1.807) is 0 Å². The molecule has 2 aliphatic rings. The van der Waals surface area contributed by atoms with Crippen molar-refractivity contribution in [2.45, 2.75) is 39.5 Å². The molecule has 0 aromatic rings. The summed E-state index contributed by atoms with van der Waals surface area (Å²) in [6.45, 7) is 7.16. The average Bonchev–Trinajstić information content (AvgIpc) is 3.24. The number of likely N-dealkylation sites (tertiary alicyclic amines) is 1. The summed E-state index contributed by atoms with van der Waals surface area (Å²) in [6.07, 6.45) is 3.82. The Bertz CT molecular complexity index is 314. The fraction of sp³-hybridized carbons (Fsp3) is 0.857. The van der Waals surface area contributed by atoms with Gasteiger partial charge in [0.1, 0.15) is 0 Å². The number of carbonyl (C=O) groups excluding carboxylic acids is 2. The highest BCUT2D eigenvalue weighted by Gasteiger charge is 2.36. The highest BCUT2D eigenvalue weighted by molar-refractivity contribution is 5.82. The zero-order valence-electron chi connectivity index (χ0n) is 11.5. The summed E-state index contributed by atoms with van der Waals surface area (Å²) in [5.74, 6) is 1.04. The smallest absolute Gasteiger partial charge is 0.225 e. The van der Waals surface area contributed by atoms with Crippen molar-refractivity contribution < 1.29 is 9.59 Å². The molecule has 0 aromatic heterocycles. The highest BCUT2D eigenvalue weighted by Crippen LogP contribution is 2.32. The molecular formula is C14H24N2O2. The molecule has 0 spiro atoms. The van der Waals surface area contributed by atoms with Gasteiger partial charge in [-0.05, 0) is 39.5 Å². The van der Waals surface area contributed by atoms with Crippen LogP contribution >= 0.6 is 0 Å². The molecule has 0 radical (unpaired) electrons. The largest absolute Gasteiger partial charge is 0.343 e. The molecule has 0 aromatic carbocycles. The predicted octanol–water partition coefficient (Wildman–Crippen LogP) is 1.50. The van der Waals surface area contributed by atoms with Crippen LogP contribution in [-0.4, -0.2) is 47.8 Å². The van der Waals surface area contributed by atoms with Crippen LogP contribution in [0.5, 0.6) is 0 Å². The molecule has 18 heavy (non-hydrogen) atoms. The molecule has 0 unspecified atom stereocenters. The molecule has 102 valence electrons. The van der Waals surface area contributed by atoms with Crippen LogP contribution in [0.15, 0.2) is 0 Å². The lowest BCUT2D eigenvalue weighted by Gasteiger charge is -2.33. The van der Waals surface area contributed by atoms with Gasteiger partial charge < -0.3 is 9.80 Å². The summed E-state index contributed by atoms with van der Waals surface area (Å²) >= 11 is 0. The molecule has 2 fully saturated rings. The summed E-state index contributed by atoms with van der Waals surface area (Å²) in [4.78, 5) is 28.0. The van der Waals surface area contributed by atoms with Gasteiger partial charge in [0, 0.05) is 38.0 Å². The van der Waals surface area contributed by atoms with Crippen LogP contribution in [0.3, 0.4) is 0 Å². The molecule has 1 aliphatic carbocycles. The molecule has 0 atom stereocenters. The molecule has 0 bridgehead atoms. The van der Waals surface area contributed by atoms with Gasteiger partial charge in [-0.25, -0.2) is 0 Å². The van der Waals surface area contributed by atoms with Crippen molar-refractivity contribution in [2.75, 3.05) is 26.2 Å². The first-order chi connectivity index (χ1) is 8.67. The Morgan fingerprint density at radius 1 is 1.00 bits per heavy atom. The van der Waals surface area contributed by atoms with Gasteiger partial charge in [0.05, 0.1) is 0 Å². The van der Waals surface area contributed by atoms with E-state index >= 15 is 0 Å². The van der Waals surface area contributed by atoms with Crippen LogP contribution in [0.25, 0.3) is 0 Å². The number of carbonyl (C=O) groups is 2. The lowest BCUT2D eigenvalue weighted by Crippen LogP contribution is -2.44. The van der Waals surface area contributed by atoms with Crippen molar-refractivity contribution in [3.8, 4) is 0 Å². The number of hydrogen-bond acceptors (Lipinski definition) is 2. The first-order valence-corrected chi connectivity index (χ1v) is 7.24. The van der Waals surface area contributed by atoms with E-state index in [0.717, 1.165) is 51.9 Å². The maximum absolute atomic E-state index is 12.2. The molecule has 1 saturated carbocycles. The topological polar surface area (TPSA) is 40.6 Å². The Kier molecular flexibility index (Phi) is 4.25. The summed E-state index contributed by atoms with van der Waals surface area (Å²) < 4.78 is 0. The van der Waals surface area contributed by atoms with Crippen molar-refractivity contribution in [3.05, 3.63) is 0 Å². The standard InChI is InChI=1S/C14H24N2O2/c1-3-15(4-2)13(17)12-7-9-16(10-8-12)14(18)11-5-6-11/h11-12H,3-10H2,1-2H3. The normalized spacial score (nSPS) is 20.9. The highest BCUT2D eigenvalue weighted by atomic mass is 16.2. The first kappa shape index (κ1) is 13.4. The Balaban J connectivity index is 1.82. The van der Waals surface area contributed by atoms with Gasteiger partial charge in [-0.1, -0.05) is 0 Å². The van der Waals surface area contributed by atoms with Gasteiger partial charge in [0.15, 0.2) is 0 Å². The van der Waals surface area contributed by atoms with Crippen LogP contribution in [-0.2, 0) is 9.59 Å². The summed E-state index contributed by atoms with van der Waals surface area (Å²) in [7, 11) is 0. The summed E-state index contributed by atoms with van der Waals surface area (Å²) in [6, 6.07) is 0. The van der Waals surface area contributed by atoms with Crippen LogP contribution in [0, 0.1) is 11.8 Å². The molecule has 4 nitrogen and oxygen atoms in total. The van der Waals surface area contributed by atoms with Crippen LogP contribution < -0.4 is 0 Å². The maximum Gasteiger partial charge on any atom is 0.225 e. The lowest BCUT2D eigenvalue weighted by molar-refractivity contribution is -0.141. The third-order valence-corrected chi connectivity index (χ3v) is 4.16. The second-order valence-electron chi connectivity index (χ2n) is 5.38. The minimum absolute atomic E-state index is 0.133. The number of amides is 2. The van der Waals surface area contributed by atoms with Crippen molar-refractivity contribution in [1.29, 1.82) is 0 Å². The van der Waals surface area contributed by atoms with Crippen molar-refractivity contribution >= 4 is 11.8 Å². The molecule has 0 N–H and O–H groups in total. The lowest BCUT2D eigenvalue weighted by atomic mass is 9.95. The van der Waals surface area contributed by atoms with E-state index in [-0.39, 0.29) is 11.8 Å². The van der Waals surface area contributed by atoms with Gasteiger partial charge in [-0.15, -0.1) is 0 Å². The minimum atomic E-state index is 0.133. The van der Waals surface area contributed by atoms with Gasteiger partial charge >= 0.3 is 0 Å². The van der Waals surface area contributed by atoms with Crippen LogP contribution in [0.4, 0.5) is 0 Å². The van der Waals surface area contributed by atoms with E-state index in [4.69, 9.17) is 0 Å². The van der Waals surface area contributed by atoms with E-state index in [9.17, 15) is 9.59 Å². The van der Waals surface area contributed by atoms with Crippen LogP contribution in [0.1, 0.15) is 39.5 Å². The fourth-order valence-corrected chi connectivity index (χ4v) is 2.73. The van der Waals surface area contributed by atoms with E-state index < -0.39 is 0 Å². The van der Waals surface area contributed by atoms with Crippen molar-refractivity contribution in [2.24, 2.45) is 11.8 Å². The SMILES string of the molecule is CCN(CC)C(=O)C1CCN(C(=O)C2CC2)CC1.